The van der Waals surface area contributed by atoms with E-state index in [1.165, 1.54) is 11.0 Å². The molecule has 0 saturated heterocycles. The lowest BCUT2D eigenvalue weighted by molar-refractivity contribution is -0.919. The van der Waals surface area contributed by atoms with Crippen molar-refractivity contribution in [2.45, 2.75) is 41.2 Å². The smallest absolute Gasteiger partial charge is 0.235 e. The number of hydrogen-bond donors (Lipinski definition) is 1. The first-order valence-electron chi connectivity index (χ1n) is 10.7. The van der Waals surface area contributed by atoms with E-state index in [1.54, 1.807) is 19.1 Å². The third-order valence-electron chi connectivity index (χ3n) is 5.11. The maximum atomic E-state index is 13.3. The molecule has 0 atom stereocenters. The quantitative estimate of drug-likeness (QED) is 0.510. The van der Waals surface area contributed by atoms with Crippen LogP contribution in [0.25, 0.3) is 11.0 Å². The molecule has 0 spiro atoms. The predicted octanol–water partition coefficient (Wildman–Crippen LogP) is 4.43. The molecule has 0 bridgehead atoms. The van der Waals surface area contributed by atoms with Crippen LogP contribution in [0.5, 0.6) is 17.2 Å². The van der Waals surface area contributed by atoms with Gasteiger partial charge in [-0.3, -0.25) is 4.79 Å². The lowest BCUT2D eigenvalue weighted by Gasteiger charge is -2.26. The molecule has 0 unspecified atom stereocenters. The zero-order chi connectivity index (χ0) is 22.7. The zero-order valence-electron chi connectivity index (χ0n) is 18.8. The second-order valence-electron chi connectivity index (χ2n) is 8.89. The molecule has 5 nitrogen and oxygen atoms in total. The predicted molar refractivity (Wildman–Crippen MR) is 125 cm³/mol. The third-order valence-corrected chi connectivity index (χ3v) is 5.77. The van der Waals surface area contributed by atoms with Gasteiger partial charge in [0.2, 0.25) is 11.2 Å². The summed E-state index contributed by atoms with van der Waals surface area (Å²) in [4.78, 5) is 14.6. The van der Waals surface area contributed by atoms with E-state index >= 15 is 0 Å². The van der Waals surface area contributed by atoms with E-state index in [-0.39, 0.29) is 16.9 Å². The largest absolute Gasteiger partial charge is 0.872 e. The Kier molecular flexibility index (Phi) is 7.44. The SMILES string of the molecule is Cc1oc2c(C[NH+](CC(C)C)CC(C)C)c([O-])ccc2c(=O)c1Oc1ccccc1Br. The van der Waals surface area contributed by atoms with Crippen molar-refractivity contribution in [2.75, 3.05) is 13.1 Å². The number of para-hydroxylation sites is 1. The highest BCUT2D eigenvalue weighted by atomic mass is 79.9. The molecule has 1 N–H and O–H groups in total. The van der Waals surface area contributed by atoms with Gasteiger partial charge in [-0.25, -0.2) is 0 Å². The number of benzene rings is 2. The Labute approximate surface area is 191 Å². The Morgan fingerprint density at radius 3 is 2.32 bits per heavy atom. The van der Waals surface area contributed by atoms with Crippen LogP contribution in [-0.2, 0) is 6.54 Å². The van der Waals surface area contributed by atoms with Crippen molar-refractivity contribution < 1.29 is 19.2 Å². The number of hydrogen-bond acceptors (Lipinski definition) is 4. The van der Waals surface area contributed by atoms with Crippen LogP contribution in [0.3, 0.4) is 0 Å². The standard InChI is InChI=1S/C25H30BrNO4/c1-15(2)12-27(13-16(3)4)14-19-21(28)11-10-18-23(29)24(17(5)30-25(18)19)31-22-9-7-6-8-20(22)26/h6-11,15-16,28H,12-14H2,1-5H3. The van der Waals surface area contributed by atoms with E-state index in [4.69, 9.17) is 9.15 Å². The van der Waals surface area contributed by atoms with Crippen molar-refractivity contribution in [3.63, 3.8) is 0 Å². The van der Waals surface area contributed by atoms with E-state index in [0.717, 1.165) is 17.6 Å². The van der Waals surface area contributed by atoms with Crippen LogP contribution in [0.15, 0.2) is 50.1 Å². The van der Waals surface area contributed by atoms with Crippen LogP contribution in [0, 0.1) is 18.8 Å². The fraction of sp³-hybridized carbons (Fsp3) is 0.400. The molecule has 3 rings (SSSR count). The second kappa shape index (κ2) is 9.88. The van der Waals surface area contributed by atoms with Gasteiger partial charge in [0, 0.05) is 17.4 Å². The highest BCUT2D eigenvalue weighted by Crippen LogP contribution is 2.32. The molecular formula is C25H30BrNO4. The number of fused-ring (bicyclic) bond motifs is 1. The Hall–Kier alpha value is -2.31. The minimum Gasteiger partial charge on any atom is -0.872 e. The van der Waals surface area contributed by atoms with Crippen LogP contribution < -0.4 is 20.2 Å². The Balaban J connectivity index is 2.07. The van der Waals surface area contributed by atoms with Crippen molar-refractivity contribution in [3.05, 3.63) is 62.4 Å². The number of halogens is 1. The highest BCUT2D eigenvalue weighted by Gasteiger charge is 2.21. The molecule has 3 aromatic rings. The fourth-order valence-electron chi connectivity index (χ4n) is 3.94. The van der Waals surface area contributed by atoms with Gasteiger partial charge in [-0.2, -0.15) is 0 Å². The Morgan fingerprint density at radius 1 is 1.06 bits per heavy atom. The van der Waals surface area contributed by atoms with Gasteiger partial charge >= 0.3 is 0 Å². The lowest BCUT2D eigenvalue weighted by atomic mass is 10.1. The van der Waals surface area contributed by atoms with Gasteiger partial charge in [0.15, 0.2) is 0 Å². The minimum atomic E-state index is -0.273. The van der Waals surface area contributed by atoms with Crippen LogP contribution in [-0.4, -0.2) is 13.1 Å². The second-order valence-corrected chi connectivity index (χ2v) is 9.74. The van der Waals surface area contributed by atoms with E-state index in [2.05, 4.69) is 43.6 Å². The highest BCUT2D eigenvalue weighted by molar-refractivity contribution is 9.10. The molecule has 31 heavy (non-hydrogen) atoms. The van der Waals surface area contributed by atoms with Crippen LogP contribution in [0.2, 0.25) is 0 Å². The Morgan fingerprint density at radius 2 is 1.71 bits per heavy atom. The molecule has 0 fully saturated rings. The van der Waals surface area contributed by atoms with Gasteiger partial charge in [-0.15, -0.1) is 0 Å². The minimum absolute atomic E-state index is 0.0977. The van der Waals surface area contributed by atoms with E-state index < -0.39 is 0 Å². The van der Waals surface area contributed by atoms with E-state index in [1.807, 2.05) is 18.2 Å². The summed E-state index contributed by atoms with van der Waals surface area (Å²) in [6.45, 7) is 12.8. The third kappa shape index (κ3) is 5.49. The van der Waals surface area contributed by atoms with Gasteiger partial charge in [-0.05, 0) is 41.1 Å². The number of nitrogens with one attached hydrogen (secondary N) is 1. The van der Waals surface area contributed by atoms with Crippen LogP contribution >= 0.6 is 15.9 Å². The van der Waals surface area contributed by atoms with Crippen molar-refractivity contribution in [1.29, 1.82) is 0 Å². The summed E-state index contributed by atoms with van der Waals surface area (Å²) in [7, 11) is 0. The van der Waals surface area contributed by atoms with Crippen molar-refractivity contribution in [1.82, 2.24) is 0 Å². The summed E-state index contributed by atoms with van der Waals surface area (Å²) in [5.41, 5.74) is 0.658. The first-order valence-corrected chi connectivity index (χ1v) is 11.5. The topological polar surface area (TPSA) is 66.9 Å². The summed E-state index contributed by atoms with van der Waals surface area (Å²) in [5.74, 6) is 1.92. The van der Waals surface area contributed by atoms with E-state index in [9.17, 15) is 9.90 Å². The van der Waals surface area contributed by atoms with Gasteiger partial charge in [0.05, 0.1) is 22.9 Å². The van der Waals surface area contributed by atoms with Crippen molar-refractivity contribution in [2.24, 2.45) is 11.8 Å². The van der Waals surface area contributed by atoms with Crippen LogP contribution in [0.4, 0.5) is 0 Å². The fourth-order valence-corrected chi connectivity index (χ4v) is 4.31. The summed E-state index contributed by atoms with van der Waals surface area (Å²) < 4.78 is 12.7. The Bertz CT molecular complexity index is 1110. The molecule has 0 aliphatic heterocycles. The summed E-state index contributed by atoms with van der Waals surface area (Å²) >= 11 is 3.44. The zero-order valence-corrected chi connectivity index (χ0v) is 20.3. The van der Waals surface area contributed by atoms with Gasteiger partial charge < -0.3 is 19.2 Å². The molecule has 166 valence electrons. The summed E-state index contributed by atoms with van der Waals surface area (Å²) in [6.07, 6.45) is 0. The molecule has 0 saturated carbocycles. The molecule has 0 aliphatic rings. The maximum Gasteiger partial charge on any atom is 0.235 e. The molecule has 0 aliphatic carbocycles. The van der Waals surface area contributed by atoms with Crippen LogP contribution in [0.1, 0.15) is 39.0 Å². The van der Waals surface area contributed by atoms with Crippen molar-refractivity contribution in [3.8, 4) is 17.2 Å². The number of ether oxygens (including phenoxy) is 1. The van der Waals surface area contributed by atoms with Gasteiger partial charge in [-0.1, -0.05) is 51.6 Å². The average molecular weight is 488 g/mol. The summed E-state index contributed by atoms with van der Waals surface area (Å²) in [6, 6.07) is 10.3. The normalized spacial score (nSPS) is 11.8. The molecule has 0 radical (unpaired) electrons. The first-order chi connectivity index (χ1) is 14.7. The molecule has 2 aromatic carbocycles. The molecule has 0 amide bonds. The van der Waals surface area contributed by atoms with Gasteiger partial charge in [0.1, 0.15) is 23.6 Å². The molecular weight excluding hydrogens is 458 g/mol. The number of aryl methyl sites for hydroxylation is 1. The molecule has 6 heteroatoms. The van der Waals surface area contributed by atoms with Crippen molar-refractivity contribution >= 4 is 26.9 Å². The average Bonchev–Trinajstić information content (AvgIpc) is 2.67. The van der Waals surface area contributed by atoms with E-state index in [0.29, 0.717) is 46.4 Å². The maximum absolute atomic E-state index is 13.3. The monoisotopic (exact) mass is 487 g/mol. The van der Waals surface area contributed by atoms with Gasteiger partial charge in [0.25, 0.3) is 0 Å². The molecule has 1 aromatic heterocycles. The summed E-state index contributed by atoms with van der Waals surface area (Å²) in [5, 5.41) is 13.1. The lowest BCUT2D eigenvalue weighted by Crippen LogP contribution is -3.11. The first kappa shape index (κ1) is 23.4. The molecule has 1 heterocycles. The number of quaternary nitrogens is 1. The number of rotatable bonds is 8.